The maximum absolute atomic E-state index is 14.1. The third kappa shape index (κ3) is 17.0. The van der Waals surface area contributed by atoms with E-state index in [0.29, 0.717) is 12.2 Å². The van der Waals surface area contributed by atoms with Crippen LogP contribution in [0.15, 0.2) is 0 Å². The Morgan fingerprint density at radius 2 is 0.959 bits per heavy atom. The van der Waals surface area contributed by atoms with Crippen LogP contribution in [-0.4, -0.2) is 200 Å². The van der Waals surface area contributed by atoms with E-state index in [-0.39, 0.29) is 37.2 Å². The number of aliphatic carboxylic acids is 1. The van der Waals surface area contributed by atoms with E-state index in [1.807, 2.05) is 0 Å². The van der Waals surface area contributed by atoms with Gasteiger partial charge in [0, 0.05) is 37.1 Å². The molecule has 29 nitrogen and oxygen atoms in total. The molecular weight excluding hydrogens is 997 g/mol. The van der Waals surface area contributed by atoms with Gasteiger partial charge in [0.25, 0.3) is 0 Å². The first-order valence-electron chi connectivity index (χ1n) is 23.9. The molecule has 0 radical (unpaired) electrons. The summed E-state index contributed by atoms with van der Waals surface area (Å²) in [4.78, 5) is 181. The van der Waals surface area contributed by atoms with E-state index >= 15 is 0 Å². The van der Waals surface area contributed by atoms with Gasteiger partial charge < -0.3 is 79.5 Å². The van der Waals surface area contributed by atoms with Gasteiger partial charge in [-0.05, 0) is 74.7 Å². The Bertz CT molecular complexity index is 2220. The van der Waals surface area contributed by atoms with Gasteiger partial charge in [0.05, 0.1) is 6.42 Å². The van der Waals surface area contributed by atoms with Crippen LogP contribution in [0.5, 0.6) is 0 Å². The summed E-state index contributed by atoms with van der Waals surface area (Å²) in [6.45, 7) is 11.6. The van der Waals surface area contributed by atoms with Crippen LogP contribution in [0.4, 0.5) is 0 Å². The van der Waals surface area contributed by atoms with Crippen molar-refractivity contribution < 1.29 is 72.2 Å². The molecule has 3 saturated heterocycles. The van der Waals surface area contributed by atoms with Gasteiger partial charge in [-0.15, -0.1) is 0 Å². The van der Waals surface area contributed by atoms with Crippen molar-refractivity contribution in [1.29, 1.82) is 0 Å². The summed E-state index contributed by atoms with van der Waals surface area (Å²) in [6, 6.07) is -14.7. The monoisotopic (exact) mass is 1070 g/mol. The number of carbonyl (C=O) groups is 14. The van der Waals surface area contributed by atoms with E-state index in [2.05, 4.69) is 53.2 Å². The predicted octanol–water partition coefficient (Wildman–Crippen LogP) is -6.99. The molecule has 74 heavy (non-hydrogen) atoms. The molecule has 3 aliphatic rings. The number of thioether (sulfide) groups is 1. The highest BCUT2D eigenvalue weighted by molar-refractivity contribution is 8.00. The lowest BCUT2D eigenvalue weighted by molar-refractivity contribution is -0.150. The molecule has 15 N–H and O–H groups in total. The fourth-order valence-corrected chi connectivity index (χ4v) is 9.37. The number of carbonyl (C=O) groups excluding carboxylic acids is 13. The number of nitrogens with one attached hydrogen (secondary N) is 10. The van der Waals surface area contributed by atoms with Crippen molar-refractivity contribution in [2.24, 2.45) is 11.5 Å². The summed E-state index contributed by atoms with van der Waals surface area (Å²) in [6.07, 6.45) is 0.433. The highest BCUT2D eigenvalue weighted by Gasteiger charge is 2.50. The highest BCUT2D eigenvalue weighted by Crippen LogP contribution is 2.38. The van der Waals surface area contributed by atoms with E-state index in [1.165, 1.54) is 77.0 Å². The quantitative estimate of drug-likeness (QED) is 0.0427. The molecule has 3 aliphatic heterocycles. The fourth-order valence-electron chi connectivity index (χ4n) is 7.97. The maximum Gasteiger partial charge on any atom is 0.326 e. The van der Waals surface area contributed by atoms with Crippen LogP contribution in [0.2, 0.25) is 0 Å². The first kappa shape index (κ1) is 61.2. The van der Waals surface area contributed by atoms with E-state index in [0.717, 1.165) is 6.92 Å². The number of hydrogen-bond donors (Lipinski definition) is 13. The Kier molecular flexibility index (Phi) is 22.5. The summed E-state index contributed by atoms with van der Waals surface area (Å²) in [5.41, 5.74) is 10.6. The van der Waals surface area contributed by atoms with Crippen molar-refractivity contribution >= 4 is 94.5 Å². The second-order valence-electron chi connectivity index (χ2n) is 18.6. The number of nitrogens with zero attached hydrogens (tertiary/aromatic N) is 2. The Morgan fingerprint density at radius 1 is 0.581 bits per heavy atom. The average molecular weight is 1070 g/mol. The summed E-state index contributed by atoms with van der Waals surface area (Å²) in [7, 11) is 0. The topological polar surface area (TPSA) is 438 Å². The van der Waals surface area contributed by atoms with Crippen molar-refractivity contribution in [3.63, 3.8) is 0 Å². The number of carboxylic acid groups (broad SMARTS) is 1. The van der Waals surface area contributed by atoms with E-state index in [4.69, 9.17) is 11.5 Å². The van der Waals surface area contributed by atoms with Crippen molar-refractivity contribution in [1.82, 2.24) is 63.0 Å². The average Bonchev–Trinajstić information content (AvgIpc) is 3.96. The minimum absolute atomic E-state index is 0.104. The Labute approximate surface area is 430 Å². The van der Waals surface area contributed by atoms with Crippen LogP contribution >= 0.6 is 11.8 Å². The highest BCUT2D eigenvalue weighted by atomic mass is 32.2. The molecule has 0 aromatic heterocycles. The number of rotatable bonds is 24. The minimum atomic E-state index is -1.50. The molecule has 3 fully saturated rings. The number of likely N-dealkylation sites (tertiary alicyclic amines) is 1. The van der Waals surface area contributed by atoms with Crippen molar-refractivity contribution in [3.05, 3.63) is 0 Å². The molecule has 0 aromatic rings. The number of amides is 13. The molecule has 30 heteroatoms. The van der Waals surface area contributed by atoms with Crippen LogP contribution in [0.1, 0.15) is 88.0 Å². The summed E-state index contributed by atoms with van der Waals surface area (Å²) >= 11 is 1.54. The standard InChI is InChI=1S/C44H70N14O15S/c1-17(34(62)47-18(2)35(63)49-20(4)37(65)51-22(6)39(67)53-24(8)41(69)56-29(14-45)33(46)61)48-36(64)19(3)50-38(66)21(5)52-40(68)23(7)54-42(70)30-11-10-26-16-74-27-12-31(43(71)58(26)30)57(15-27)32(60)13-28(44(72)73)55-25(9)59/h17-24,26-31H,10-16,45H2,1-9H3,(H2,46,61)(H,47,62)(H,48,64)(H,49,63)(H,50,66)(H,51,65)(H,52,68)(H,53,67)(H,54,70)(H,55,59)(H,56,69)(H,72,73)/t17-,18-,19-,20-,21-,22-,23-,24-,26-,27-,28-,29-,30-,31-/m0/s1. The van der Waals surface area contributed by atoms with Gasteiger partial charge in [-0.1, -0.05) is 0 Å². The first-order chi connectivity index (χ1) is 34.5. The zero-order valence-corrected chi connectivity index (χ0v) is 43.5. The van der Waals surface area contributed by atoms with Gasteiger partial charge in [0.15, 0.2) is 0 Å². The summed E-state index contributed by atoms with van der Waals surface area (Å²) < 4.78 is 0. The molecule has 14 atom stereocenters. The molecule has 0 aromatic carbocycles. The number of nitrogens with two attached hydrogens (primary N) is 2. The summed E-state index contributed by atoms with van der Waals surface area (Å²) in [5, 5.41) is 33.3. The van der Waals surface area contributed by atoms with Crippen LogP contribution in [0.25, 0.3) is 0 Å². The normalized spacial score (nSPS) is 21.9. The van der Waals surface area contributed by atoms with E-state index < -0.39 is 162 Å². The van der Waals surface area contributed by atoms with Crippen LogP contribution in [0.3, 0.4) is 0 Å². The molecule has 13 amide bonds. The van der Waals surface area contributed by atoms with E-state index in [1.54, 1.807) is 0 Å². The van der Waals surface area contributed by atoms with Gasteiger partial charge in [-0.3, -0.25) is 62.3 Å². The van der Waals surface area contributed by atoms with Gasteiger partial charge >= 0.3 is 5.97 Å². The van der Waals surface area contributed by atoms with Crippen molar-refractivity contribution in [2.45, 2.75) is 172 Å². The van der Waals surface area contributed by atoms with Crippen molar-refractivity contribution in [3.8, 4) is 0 Å². The summed E-state index contributed by atoms with van der Waals surface area (Å²) in [5.74, 6) is -10.6. The van der Waals surface area contributed by atoms with Crippen molar-refractivity contribution in [2.75, 3.05) is 18.8 Å². The first-order valence-corrected chi connectivity index (χ1v) is 25.0. The Balaban J connectivity index is 1.45. The molecular formula is C44H70N14O15S. The molecule has 0 unspecified atom stereocenters. The molecule has 0 aliphatic carbocycles. The lowest BCUT2D eigenvalue weighted by Gasteiger charge is -2.35. The Hall–Kier alpha value is -7.11. The molecule has 3 rings (SSSR count). The maximum atomic E-state index is 14.1. The predicted molar refractivity (Wildman–Crippen MR) is 261 cm³/mol. The minimum Gasteiger partial charge on any atom is -0.480 e. The number of hydrogen-bond acceptors (Lipinski definition) is 16. The van der Waals surface area contributed by atoms with Gasteiger partial charge in [-0.25, -0.2) is 4.79 Å². The SMILES string of the molecule is CC(=O)N[C@@H](CC(=O)N1C[C@@H]2C[C@H]1C(=O)N1[C@@H](CC[C@H]1C(=O)N[C@@H](C)C(=O)N[C@@H](C)C(=O)N[C@@H](C)C(=O)N[C@@H](C)C(=O)N[C@@H](C)C(=O)N[C@@H](C)C(=O)N[C@@H](C)C(=O)N[C@@H](C)C(=O)N[C@@H](CN)C(N)=O)CS2)C(=O)O. The van der Waals surface area contributed by atoms with E-state index in [9.17, 15) is 72.2 Å². The smallest absolute Gasteiger partial charge is 0.326 e. The second kappa shape index (κ2) is 27.3. The lowest BCUT2D eigenvalue weighted by Crippen LogP contribution is -2.59. The van der Waals surface area contributed by atoms with Crippen LogP contribution in [0, 0.1) is 0 Å². The second-order valence-corrected chi connectivity index (χ2v) is 19.9. The molecule has 412 valence electrons. The molecule has 0 spiro atoms. The number of fused-ring (bicyclic) bond motifs is 3. The molecule has 3 heterocycles. The zero-order chi connectivity index (χ0) is 56.0. The lowest BCUT2D eigenvalue weighted by atomic mass is 10.1. The zero-order valence-electron chi connectivity index (χ0n) is 42.7. The van der Waals surface area contributed by atoms with Gasteiger partial charge in [-0.2, -0.15) is 11.8 Å². The molecule has 0 saturated carbocycles. The Morgan fingerprint density at radius 3 is 1.31 bits per heavy atom. The fraction of sp³-hybridized carbons (Fsp3) is 0.682. The number of primary amides is 1. The largest absolute Gasteiger partial charge is 0.480 e. The number of carboxylic acids is 1. The molecule has 2 bridgehead atoms. The van der Waals surface area contributed by atoms with Crippen LogP contribution < -0.4 is 64.6 Å². The third-order valence-electron chi connectivity index (χ3n) is 12.4. The third-order valence-corrected chi connectivity index (χ3v) is 13.8. The van der Waals surface area contributed by atoms with Gasteiger partial charge in [0.1, 0.15) is 72.5 Å². The van der Waals surface area contributed by atoms with Crippen LogP contribution in [-0.2, 0) is 67.1 Å². The van der Waals surface area contributed by atoms with Gasteiger partial charge in [0.2, 0.25) is 76.8 Å².